The molecule has 0 aliphatic heterocycles. The number of nitrogens with zero attached hydrogens (tertiary/aromatic N) is 2. The number of carbonyl (C=O) groups excluding carboxylic acids is 2. The smallest absolute Gasteiger partial charge is 0.349 e. The first-order chi connectivity index (χ1) is 15.8. The molecule has 2 aromatic rings. The van der Waals surface area contributed by atoms with Crippen molar-refractivity contribution in [1.82, 2.24) is 5.32 Å². The largest absolute Gasteiger partial charge is 0.493 e. The minimum Gasteiger partial charge on any atom is -0.493 e. The Hall–Kier alpha value is -4.39. The molecule has 0 unspecified atom stereocenters. The van der Waals surface area contributed by atoms with Gasteiger partial charge in [0, 0.05) is 18.2 Å². The first-order valence-electron chi connectivity index (χ1n) is 9.95. The van der Waals surface area contributed by atoms with Crippen LogP contribution in [0.3, 0.4) is 0 Å². The van der Waals surface area contributed by atoms with Gasteiger partial charge in [-0.25, -0.2) is 4.79 Å². The number of nitro groups is 1. The summed E-state index contributed by atoms with van der Waals surface area (Å²) in [7, 11) is 1.38. The summed E-state index contributed by atoms with van der Waals surface area (Å²) >= 11 is 0. The molecule has 0 saturated carbocycles. The molecule has 2 aromatic carbocycles. The predicted molar refractivity (Wildman–Crippen MR) is 119 cm³/mol. The van der Waals surface area contributed by atoms with Crippen LogP contribution in [0.4, 0.5) is 5.69 Å². The first kappa shape index (κ1) is 24.9. The third kappa shape index (κ3) is 7.07. The van der Waals surface area contributed by atoms with Crippen LogP contribution < -0.4 is 19.5 Å². The second-order valence-electron chi connectivity index (χ2n) is 6.80. The molecule has 10 heteroatoms. The topological polar surface area (TPSA) is 141 Å². The lowest BCUT2D eigenvalue weighted by molar-refractivity contribution is -0.385. The second kappa shape index (κ2) is 11.9. The van der Waals surface area contributed by atoms with E-state index in [9.17, 15) is 25.0 Å². The van der Waals surface area contributed by atoms with Gasteiger partial charge in [0.2, 0.25) is 0 Å². The molecule has 2 rings (SSSR count). The van der Waals surface area contributed by atoms with Gasteiger partial charge in [-0.15, -0.1) is 0 Å². The number of esters is 1. The van der Waals surface area contributed by atoms with Gasteiger partial charge in [-0.2, -0.15) is 5.26 Å². The Bertz CT molecular complexity index is 1120. The average Bonchev–Trinajstić information content (AvgIpc) is 2.80. The number of hydrogen-bond acceptors (Lipinski definition) is 8. The van der Waals surface area contributed by atoms with Crippen molar-refractivity contribution in [3.05, 3.63) is 63.2 Å². The average molecular weight is 453 g/mol. The van der Waals surface area contributed by atoms with Gasteiger partial charge >= 0.3 is 5.97 Å². The molecule has 0 bridgehead atoms. The Kier molecular flexibility index (Phi) is 8.94. The van der Waals surface area contributed by atoms with E-state index in [0.29, 0.717) is 17.7 Å². The fourth-order valence-corrected chi connectivity index (χ4v) is 2.72. The van der Waals surface area contributed by atoms with Crippen molar-refractivity contribution in [2.24, 2.45) is 0 Å². The number of hydrogen-bond donors (Lipinski definition) is 1. The highest BCUT2D eigenvalue weighted by Gasteiger charge is 2.15. The van der Waals surface area contributed by atoms with E-state index >= 15 is 0 Å². The number of nitrogens with one attached hydrogen (secondary N) is 1. The van der Waals surface area contributed by atoms with Crippen LogP contribution in [0.5, 0.6) is 17.2 Å². The van der Waals surface area contributed by atoms with Crippen LogP contribution in [0.1, 0.15) is 24.5 Å². The zero-order chi connectivity index (χ0) is 24.4. The molecule has 0 fully saturated rings. The van der Waals surface area contributed by atoms with Crippen molar-refractivity contribution < 1.29 is 28.7 Å². The highest BCUT2D eigenvalue weighted by molar-refractivity contribution is 6.01. The van der Waals surface area contributed by atoms with E-state index in [0.717, 1.165) is 6.42 Å². The Morgan fingerprint density at radius 3 is 2.58 bits per heavy atom. The fourth-order valence-electron chi connectivity index (χ4n) is 2.72. The van der Waals surface area contributed by atoms with Crippen LogP contribution in [0.25, 0.3) is 6.08 Å². The number of ether oxygens (including phenoxy) is 3. The highest BCUT2D eigenvalue weighted by Crippen LogP contribution is 2.29. The SMILES string of the molecule is CCCNC(=O)/C(C#N)=C/c1ccc(OC(=O)COc2ccc([N+](=O)[O-])c(C)c2)c(OC)c1. The molecule has 0 saturated heterocycles. The summed E-state index contributed by atoms with van der Waals surface area (Å²) in [5, 5.41) is 22.8. The van der Waals surface area contributed by atoms with Gasteiger partial charge in [-0.1, -0.05) is 13.0 Å². The number of aryl methyl sites for hydroxylation is 1. The van der Waals surface area contributed by atoms with Crippen molar-refractivity contribution in [2.45, 2.75) is 20.3 Å². The van der Waals surface area contributed by atoms with Crippen LogP contribution >= 0.6 is 0 Å². The molecular formula is C23H23N3O7. The predicted octanol–water partition coefficient (Wildman–Crippen LogP) is 3.33. The lowest BCUT2D eigenvalue weighted by Gasteiger charge is -2.11. The minimum atomic E-state index is -0.718. The van der Waals surface area contributed by atoms with Crippen LogP contribution in [0.15, 0.2) is 42.0 Å². The van der Waals surface area contributed by atoms with Gasteiger partial charge in [-0.05, 0) is 49.2 Å². The maximum absolute atomic E-state index is 12.2. The third-order valence-electron chi connectivity index (χ3n) is 4.34. The summed E-state index contributed by atoms with van der Waals surface area (Å²) in [6, 6.07) is 10.6. The minimum absolute atomic E-state index is 0.0498. The second-order valence-corrected chi connectivity index (χ2v) is 6.80. The third-order valence-corrected chi connectivity index (χ3v) is 4.34. The number of benzene rings is 2. The van der Waals surface area contributed by atoms with Crippen molar-refractivity contribution in [3.8, 4) is 23.3 Å². The molecule has 33 heavy (non-hydrogen) atoms. The van der Waals surface area contributed by atoms with E-state index in [1.807, 2.05) is 13.0 Å². The van der Waals surface area contributed by atoms with Gasteiger partial charge in [0.05, 0.1) is 12.0 Å². The number of rotatable bonds is 10. The lowest BCUT2D eigenvalue weighted by Crippen LogP contribution is -2.25. The van der Waals surface area contributed by atoms with Crippen molar-refractivity contribution in [3.63, 3.8) is 0 Å². The molecule has 0 aliphatic carbocycles. The van der Waals surface area contributed by atoms with E-state index in [2.05, 4.69) is 5.32 Å². The summed E-state index contributed by atoms with van der Waals surface area (Å²) in [5.41, 5.74) is 0.789. The number of amides is 1. The maximum atomic E-state index is 12.2. The molecule has 0 spiro atoms. The van der Waals surface area contributed by atoms with Gasteiger partial charge in [0.15, 0.2) is 18.1 Å². The van der Waals surface area contributed by atoms with E-state index in [-0.39, 0.29) is 28.5 Å². The fraction of sp³-hybridized carbons (Fsp3) is 0.261. The number of nitriles is 1. The monoisotopic (exact) mass is 453 g/mol. The van der Waals surface area contributed by atoms with Crippen molar-refractivity contribution in [1.29, 1.82) is 5.26 Å². The van der Waals surface area contributed by atoms with E-state index in [1.54, 1.807) is 13.0 Å². The molecular weight excluding hydrogens is 430 g/mol. The quantitative estimate of drug-likeness (QED) is 0.144. The summed E-state index contributed by atoms with van der Waals surface area (Å²) in [4.78, 5) is 34.6. The summed E-state index contributed by atoms with van der Waals surface area (Å²) in [6.45, 7) is 3.49. The van der Waals surface area contributed by atoms with E-state index < -0.39 is 23.4 Å². The molecule has 1 N–H and O–H groups in total. The summed E-state index contributed by atoms with van der Waals surface area (Å²) < 4.78 is 15.9. The number of nitro benzene ring substituents is 1. The Morgan fingerprint density at radius 2 is 1.97 bits per heavy atom. The van der Waals surface area contributed by atoms with E-state index in [4.69, 9.17) is 14.2 Å². The molecule has 0 aliphatic rings. The number of methoxy groups -OCH3 is 1. The lowest BCUT2D eigenvalue weighted by atomic mass is 10.1. The van der Waals surface area contributed by atoms with Crippen LogP contribution in [0.2, 0.25) is 0 Å². The molecule has 0 heterocycles. The normalized spacial score (nSPS) is 10.7. The van der Waals surface area contributed by atoms with Crippen LogP contribution in [0, 0.1) is 28.4 Å². The van der Waals surface area contributed by atoms with Crippen LogP contribution in [-0.2, 0) is 9.59 Å². The van der Waals surface area contributed by atoms with Crippen LogP contribution in [-0.4, -0.2) is 37.1 Å². The molecule has 0 radical (unpaired) electrons. The van der Waals surface area contributed by atoms with Gasteiger partial charge in [-0.3, -0.25) is 14.9 Å². The molecule has 1 amide bonds. The molecule has 10 nitrogen and oxygen atoms in total. The van der Waals surface area contributed by atoms with E-state index in [1.165, 1.54) is 43.5 Å². The summed E-state index contributed by atoms with van der Waals surface area (Å²) in [5.74, 6) is -0.573. The van der Waals surface area contributed by atoms with Gasteiger partial charge in [0.1, 0.15) is 17.4 Å². The summed E-state index contributed by atoms with van der Waals surface area (Å²) in [6.07, 6.45) is 2.14. The number of carbonyl (C=O) groups is 2. The van der Waals surface area contributed by atoms with Gasteiger partial charge < -0.3 is 19.5 Å². The molecule has 0 aromatic heterocycles. The first-order valence-corrected chi connectivity index (χ1v) is 9.95. The van der Waals surface area contributed by atoms with Crippen molar-refractivity contribution in [2.75, 3.05) is 20.3 Å². The highest BCUT2D eigenvalue weighted by atomic mass is 16.6. The standard InChI is InChI=1S/C23H23N3O7/c1-4-9-25-23(28)17(13-24)11-16-5-8-20(21(12-16)31-3)33-22(27)14-32-18-6-7-19(26(29)30)15(2)10-18/h5-8,10-12H,4,9,14H2,1-3H3,(H,25,28)/b17-11+. The zero-order valence-corrected chi connectivity index (χ0v) is 18.4. The Morgan fingerprint density at radius 1 is 1.21 bits per heavy atom. The molecule has 172 valence electrons. The Labute approximate surface area is 190 Å². The van der Waals surface area contributed by atoms with Crippen molar-refractivity contribution >= 4 is 23.6 Å². The molecule has 0 atom stereocenters. The Balaban J connectivity index is 2.07. The van der Waals surface area contributed by atoms with Gasteiger partial charge in [0.25, 0.3) is 11.6 Å². The zero-order valence-electron chi connectivity index (χ0n) is 18.4. The maximum Gasteiger partial charge on any atom is 0.349 e.